The molecule has 0 saturated heterocycles. The van der Waals surface area contributed by atoms with Crippen LogP contribution in [0.25, 0.3) is 0 Å². The van der Waals surface area contributed by atoms with Crippen molar-refractivity contribution in [3.8, 4) is 0 Å². The van der Waals surface area contributed by atoms with E-state index in [1.54, 1.807) is 12.1 Å². The molecule has 0 aliphatic heterocycles. The summed E-state index contributed by atoms with van der Waals surface area (Å²) in [4.78, 5) is 15.2. The fourth-order valence-electron chi connectivity index (χ4n) is 1.01. The van der Waals surface area contributed by atoms with Crippen molar-refractivity contribution in [2.75, 3.05) is 6.54 Å². The molecule has 1 heterocycles. The van der Waals surface area contributed by atoms with Gasteiger partial charge in [0, 0.05) is 18.3 Å². The average molecular weight is 180 g/mol. The number of hydrogen-bond acceptors (Lipinski definition) is 3. The van der Waals surface area contributed by atoms with E-state index in [9.17, 15) is 4.79 Å². The van der Waals surface area contributed by atoms with E-state index in [1.165, 1.54) is 6.20 Å². The van der Waals surface area contributed by atoms with E-state index in [2.05, 4.69) is 10.3 Å². The van der Waals surface area contributed by atoms with Crippen LogP contribution in [-0.4, -0.2) is 22.5 Å². The highest BCUT2D eigenvalue weighted by molar-refractivity contribution is 5.93. The van der Waals surface area contributed by atoms with Crippen LogP contribution in [0.4, 0.5) is 0 Å². The fraction of sp³-hybridized carbons (Fsp3) is 0.333. The van der Waals surface area contributed by atoms with Crippen LogP contribution in [0.15, 0.2) is 18.3 Å². The van der Waals surface area contributed by atoms with Crippen LogP contribution in [0.3, 0.4) is 0 Å². The molecule has 1 rings (SSSR count). The SMILES string of the molecule is CCNC(=O)c1ncccc1CO. The summed E-state index contributed by atoms with van der Waals surface area (Å²) in [5.41, 5.74) is 0.848. The lowest BCUT2D eigenvalue weighted by Gasteiger charge is -2.04. The van der Waals surface area contributed by atoms with Crippen LogP contribution in [-0.2, 0) is 6.61 Å². The summed E-state index contributed by atoms with van der Waals surface area (Å²) in [5.74, 6) is -0.243. The number of carbonyl (C=O) groups is 1. The van der Waals surface area contributed by atoms with E-state index in [0.29, 0.717) is 17.8 Å². The topological polar surface area (TPSA) is 62.2 Å². The van der Waals surface area contributed by atoms with Gasteiger partial charge in [-0.1, -0.05) is 6.07 Å². The van der Waals surface area contributed by atoms with E-state index in [0.717, 1.165) is 0 Å². The third-order valence-electron chi connectivity index (χ3n) is 1.61. The van der Waals surface area contributed by atoms with Crippen molar-refractivity contribution < 1.29 is 9.90 Å². The molecule has 0 bridgehead atoms. The van der Waals surface area contributed by atoms with Crippen molar-refractivity contribution in [3.63, 3.8) is 0 Å². The third kappa shape index (κ3) is 2.26. The van der Waals surface area contributed by atoms with Crippen molar-refractivity contribution in [1.82, 2.24) is 10.3 Å². The fourth-order valence-corrected chi connectivity index (χ4v) is 1.01. The van der Waals surface area contributed by atoms with Gasteiger partial charge in [0.2, 0.25) is 0 Å². The zero-order chi connectivity index (χ0) is 9.68. The molecule has 1 aromatic rings. The Hall–Kier alpha value is -1.42. The minimum atomic E-state index is -0.243. The minimum Gasteiger partial charge on any atom is -0.392 e. The largest absolute Gasteiger partial charge is 0.392 e. The highest BCUT2D eigenvalue weighted by Crippen LogP contribution is 2.04. The molecule has 70 valence electrons. The van der Waals surface area contributed by atoms with Crippen LogP contribution in [0.1, 0.15) is 23.0 Å². The number of pyridine rings is 1. The summed E-state index contributed by atoms with van der Waals surface area (Å²) < 4.78 is 0. The number of hydrogen-bond donors (Lipinski definition) is 2. The molecule has 4 heteroatoms. The maximum atomic E-state index is 11.3. The Balaban J connectivity index is 2.92. The van der Waals surface area contributed by atoms with Crippen molar-refractivity contribution in [1.29, 1.82) is 0 Å². The molecular formula is C9H12N2O2. The van der Waals surface area contributed by atoms with Gasteiger partial charge in [0.05, 0.1) is 6.61 Å². The van der Waals surface area contributed by atoms with E-state index in [1.807, 2.05) is 6.92 Å². The molecule has 0 aliphatic rings. The van der Waals surface area contributed by atoms with Gasteiger partial charge in [-0.15, -0.1) is 0 Å². The number of aromatic nitrogens is 1. The van der Waals surface area contributed by atoms with Crippen LogP contribution in [0.2, 0.25) is 0 Å². The zero-order valence-corrected chi connectivity index (χ0v) is 7.45. The smallest absolute Gasteiger partial charge is 0.270 e. The van der Waals surface area contributed by atoms with Gasteiger partial charge < -0.3 is 10.4 Å². The number of carbonyl (C=O) groups excluding carboxylic acids is 1. The zero-order valence-electron chi connectivity index (χ0n) is 7.45. The first-order valence-electron chi connectivity index (χ1n) is 4.12. The van der Waals surface area contributed by atoms with Gasteiger partial charge in [0.25, 0.3) is 5.91 Å². The van der Waals surface area contributed by atoms with Crippen LogP contribution >= 0.6 is 0 Å². The van der Waals surface area contributed by atoms with Crippen LogP contribution < -0.4 is 5.32 Å². The van der Waals surface area contributed by atoms with Crippen molar-refractivity contribution in [3.05, 3.63) is 29.6 Å². The number of nitrogens with one attached hydrogen (secondary N) is 1. The normalized spacial score (nSPS) is 9.69. The van der Waals surface area contributed by atoms with Gasteiger partial charge in [0.15, 0.2) is 0 Å². The monoisotopic (exact) mass is 180 g/mol. The second-order valence-corrected chi connectivity index (χ2v) is 2.53. The summed E-state index contributed by atoms with van der Waals surface area (Å²) in [5, 5.41) is 11.5. The minimum absolute atomic E-state index is 0.166. The lowest BCUT2D eigenvalue weighted by Crippen LogP contribution is -2.25. The average Bonchev–Trinajstić information content (AvgIpc) is 2.18. The molecule has 0 aromatic carbocycles. The summed E-state index contributed by atoms with van der Waals surface area (Å²) in [7, 11) is 0. The summed E-state index contributed by atoms with van der Waals surface area (Å²) in [6, 6.07) is 3.37. The Morgan fingerprint density at radius 2 is 2.46 bits per heavy atom. The maximum Gasteiger partial charge on any atom is 0.270 e. The van der Waals surface area contributed by atoms with E-state index in [4.69, 9.17) is 5.11 Å². The van der Waals surface area contributed by atoms with Gasteiger partial charge in [-0.25, -0.2) is 0 Å². The van der Waals surface area contributed by atoms with Crippen LogP contribution in [0.5, 0.6) is 0 Å². The van der Waals surface area contributed by atoms with Crippen LogP contribution in [0, 0.1) is 0 Å². The molecule has 0 unspecified atom stereocenters. The van der Waals surface area contributed by atoms with Crippen molar-refractivity contribution in [2.45, 2.75) is 13.5 Å². The van der Waals surface area contributed by atoms with Gasteiger partial charge in [-0.3, -0.25) is 9.78 Å². The molecule has 13 heavy (non-hydrogen) atoms. The summed E-state index contributed by atoms with van der Waals surface area (Å²) in [6.07, 6.45) is 1.53. The number of aliphatic hydroxyl groups is 1. The first-order chi connectivity index (χ1) is 6.29. The molecule has 0 saturated carbocycles. The first kappa shape index (κ1) is 9.67. The van der Waals surface area contributed by atoms with E-state index in [-0.39, 0.29) is 12.5 Å². The Bertz CT molecular complexity index is 299. The molecule has 0 spiro atoms. The molecule has 0 radical (unpaired) electrons. The lowest BCUT2D eigenvalue weighted by atomic mass is 10.2. The van der Waals surface area contributed by atoms with Gasteiger partial charge in [-0.2, -0.15) is 0 Å². The highest BCUT2D eigenvalue weighted by Gasteiger charge is 2.09. The first-order valence-corrected chi connectivity index (χ1v) is 4.12. The van der Waals surface area contributed by atoms with Gasteiger partial charge in [-0.05, 0) is 13.0 Å². The van der Waals surface area contributed by atoms with Gasteiger partial charge in [0.1, 0.15) is 5.69 Å². The lowest BCUT2D eigenvalue weighted by molar-refractivity contribution is 0.0947. The van der Waals surface area contributed by atoms with Gasteiger partial charge >= 0.3 is 0 Å². The molecule has 1 aromatic heterocycles. The molecular weight excluding hydrogens is 168 g/mol. The Labute approximate surface area is 76.6 Å². The maximum absolute atomic E-state index is 11.3. The summed E-state index contributed by atoms with van der Waals surface area (Å²) >= 11 is 0. The standard InChI is InChI=1S/C9H12N2O2/c1-2-10-9(13)8-7(6-12)4-3-5-11-8/h3-5,12H,2,6H2,1H3,(H,10,13). The predicted molar refractivity (Wildman–Crippen MR) is 48.2 cm³/mol. The van der Waals surface area contributed by atoms with E-state index >= 15 is 0 Å². The van der Waals surface area contributed by atoms with Crippen molar-refractivity contribution >= 4 is 5.91 Å². The molecule has 0 aliphatic carbocycles. The quantitative estimate of drug-likeness (QED) is 0.704. The number of aliphatic hydroxyl groups excluding tert-OH is 1. The number of rotatable bonds is 3. The van der Waals surface area contributed by atoms with Crippen molar-refractivity contribution in [2.24, 2.45) is 0 Å². The summed E-state index contributed by atoms with van der Waals surface area (Å²) in [6.45, 7) is 2.22. The predicted octanol–water partition coefficient (Wildman–Crippen LogP) is 0.324. The second-order valence-electron chi connectivity index (χ2n) is 2.53. The third-order valence-corrected chi connectivity index (χ3v) is 1.61. The molecule has 2 N–H and O–H groups in total. The number of amides is 1. The Morgan fingerprint density at radius 3 is 3.08 bits per heavy atom. The second kappa shape index (κ2) is 4.57. The number of nitrogens with zero attached hydrogens (tertiary/aromatic N) is 1. The molecule has 0 atom stereocenters. The molecule has 4 nitrogen and oxygen atoms in total. The molecule has 0 fully saturated rings. The Kier molecular flexibility index (Phi) is 3.40. The van der Waals surface area contributed by atoms with E-state index < -0.39 is 0 Å². The Morgan fingerprint density at radius 1 is 1.69 bits per heavy atom. The highest BCUT2D eigenvalue weighted by atomic mass is 16.3. The molecule has 1 amide bonds.